The van der Waals surface area contributed by atoms with Crippen LogP contribution in [0.5, 0.6) is 0 Å². The molecule has 1 aromatic rings. The van der Waals surface area contributed by atoms with Gasteiger partial charge in [0.05, 0.1) is 17.3 Å². The molecule has 0 bridgehead atoms. The lowest BCUT2D eigenvalue weighted by atomic mass is 10.1. The second-order valence-electron chi connectivity index (χ2n) is 4.11. The highest BCUT2D eigenvalue weighted by atomic mass is 35.5. The lowest BCUT2D eigenvalue weighted by molar-refractivity contribution is -0.137. The van der Waals surface area contributed by atoms with E-state index in [0.29, 0.717) is 10.6 Å². The molecule has 1 aromatic carbocycles. The number of ether oxygens (including phenoxy) is 1. The molecule has 0 N–H and O–H groups in total. The molecule has 0 aromatic heterocycles. The summed E-state index contributed by atoms with van der Waals surface area (Å²) in [5.41, 5.74) is 1.32. The number of ketones is 1. The molecule has 0 atom stereocenters. The summed E-state index contributed by atoms with van der Waals surface area (Å²) in [6.45, 7) is 3.32. The Hall–Kier alpha value is -1.81. The van der Waals surface area contributed by atoms with Crippen molar-refractivity contribution in [3.05, 3.63) is 41.4 Å². The standard InChI is InChI=1S/C14H16ClNO3/c1-4-14(18)19-8-7-13(17)10-5-6-11(15)12(9-10)16(2)3/h4-6,9H,1,7-8H2,2-3H3. The number of halogens is 1. The summed E-state index contributed by atoms with van der Waals surface area (Å²) in [5, 5.41) is 0.583. The van der Waals surface area contributed by atoms with Crippen LogP contribution < -0.4 is 4.90 Å². The Bertz CT molecular complexity index is 497. The van der Waals surface area contributed by atoms with Gasteiger partial charge in [0.2, 0.25) is 0 Å². The summed E-state index contributed by atoms with van der Waals surface area (Å²) in [7, 11) is 3.70. The molecule has 0 radical (unpaired) electrons. The first-order valence-electron chi connectivity index (χ1n) is 5.75. The molecular weight excluding hydrogens is 266 g/mol. The Labute approximate surface area is 117 Å². The number of esters is 1. The van der Waals surface area contributed by atoms with Crippen molar-refractivity contribution in [1.29, 1.82) is 0 Å². The molecule has 1 rings (SSSR count). The highest BCUT2D eigenvalue weighted by Gasteiger charge is 2.10. The lowest BCUT2D eigenvalue weighted by Crippen LogP contribution is -2.12. The van der Waals surface area contributed by atoms with E-state index < -0.39 is 5.97 Å². The zero-order valence-electron chi connectivity index (χ0n) is 11.0. The van der Waals surface area contributed by atoms with Gasteiger partial charge in [-0.3, -0.25) is 4.79 Å². The molecule has 0 aliphatic rings. The number of carbonyl (C=O) groups is 2. The highest BCUT2D eigenvalue weighted by molar-refractivity contribution is 6.33. The van der Waals surface area contributed by atoms with Gasteiger partial charge in [0.1, 0.15) is 0 Å². The van der Waals surface area contributed by atoms with Crippen LogP contribution >= 0.6 is 11.6 Å². The molecule has 19 heavy (non-hydrogen) atoms. The summed E-state index contributed by atoms with van der Waals surface area (Å²) < 4.78 is 4.77. The average Bonchev–Trinajstić information content (AvgIpc) is 2.38. The van der Waals surface area contributed by atoms with Gasteiger partial charge in [-0.05, 0) is 18.2 Å². The molecule has 4 nitrogen and oxygen atoms in total. The van der Waals surface area contributed by atoms with E-state index in [2.05, 4.69) is 6.58 Å². The Morgan fingerprint density at radius 2 is 2.11 bits per heavy atom. The Morgan fingerprint density at radius 3 is 2.68 bits per heavy atom. The predicted octanol–water partition coefficient (Wildman–Crippen LogP) is 2.71. The summed E-state index contributed by atoms with van der Waals surface area (Å²) >= 11 is 6.03. The fourth-order valence-electron chi connectivity index (χ4n) is 1.48. The maximum Gasteiger partial charge on any atom is 0.330 e. The monoisotopic (exact) mass is 281 g/mol. The van der Waals surface area contributed by atoms with Crippen LogP contribution in [0, 0.1) is 0 Å². The van der Waals surface area contributed by atoms with Crippen LogP contribution in [-0.2, 0) is 9.53 Å². The molecule has 0 unspecified atom stereocenters. The number of hydrogen-bond donors (Lipinski definition) is 0. The van der Waals surface area contributed by atoms with Crippen LogP contribution in [0.3, 0.4) is 0 Å². The van der Waals surface area contributed by atoms with Crippen LogP contribution in [0.1, 0.15) is 16.8 Å². The van der Waals surface area contributed by atoms with Crippen LogP contribution in [0.4, 0.5) is 5.69 Å². The molecule has 0 aliphatic heterocycles. The van der Waals surface area contributed by atoms with Gasteiger partial charge in [0, 0.05) is 32.2 Å². The number of nitrogens with zero attached hydrogens (tertiary/aromatic N) is 1. The fraction of sp³-hybridized carbons (Fsp3) is 0.286. The van der Waals surface area contributed by atoms with Crippen LogP contribution in [0.25, 0.3) is 0 Å². The lowest BCUT2D eigenvalue weighted by Gasteiger charge is -2.15. The smallest absolute Gasteiger partial charge is 0.330 e. The van der Waals surface area contributed by atoms with E-state index in [-0.39, 0.29) is 18.8 Å². The molecule has 0 saturated carbocycles. The zero-order valence-corrected chi connectivity index (χ0v) is 11.7. The van der Waals surface area contributed by atoms with E-state index in [4.69, 9.17) is 16.3 Å². The molecule has 0 fully saturated rings. The fourth-order valence-corrected chi connectivity index (χ4v) is 1.76. The third-order valence-electron chi connectivity index (χ3n) is 2.49. The quantitative estimate of drug-likeness (QED) is 0.457. The number of rotatable bonds is 6. The second-order valence-corrected chi connectivity index (χ2v) is 4.51. The Morgan fingerprint density at radius 1 is 1.42 bits per heavy atom. The molecule has 0 aliphatic carbocycles. The van der Waals surface area contributed by atoms with E-state index in [0.717, 1.165) is 11.8 Å². The van der Waals surface area contributed by atoms with Crippen molar-refractivity contribution >= 4 is 29.0 Å². The van der Waals surface area contributed by atoms with E-state index in [1.54, 1.807) is 18.2 Å². The molecule has 0 saturated heterocycles. The Balaban J connectivity index is 2.69. The first-order chi connectivity index (χ1) is 8.95. The van der Waals surface area contributed by atoms with Crippen molar-refractivity contribution in [3.63, 3.8) is 0 Å². The van der Waals surface area contributed by atoms with Crippen molar-refractivity contribution in [3.8, 4) is 0 Å². The van der Waals surface area contributed by atoms with E-state index >= 15 is 0 Å². The molecular formula is C14H16ClNO3. The number of anilines is 1. The van der Waals surface area contributed by atoms with Crippen molar-refractivity contribution in [2.75, 3.05) is 25.6 Å². The van der Waals surface area contributed by atoms with Gasteiger partial charge in [-0.1, -0.05) is 18.2 Å². The van der Waals surface area contributed by atoms with Gasteiger partial charge in [0.25, 0.3) is 0 Å². The molecule has 0 amide bonds. The van der Waals surface area contributed by atoms with Gasteiger partial charge >= 0.3 is 5.97 Å². The maximum absolute atomic E-state index is 11.9. The number of hydrogen-bond acceptors (Lipinski definition) is 4. The summed E-state index contributed by atoms with van der Waals surface area (Å²) in [4.78, 5) is 24.6. The number of carbonyl (C=O) groups excluding carboxylic acids is 2. The largest absolute Gasteiger partial charge is 0.462 e. The van der Waals surface area contributed by atoms with Crippen LogP contribution in [0.2, 0.25) is 5.02 Å². The topological polar surface area (TPSA) is 46.6 Å². The van der Waals surface area contributed by atoms with Gasteiger partial charge in [-0.15, -0.1) is 0 Å². The molecule has 5 heteroatoms. The normalized spacial score (nSPS) is 9.84. The first-order valence-corrected chi connectivity index (χ1v) is 6.12. The van der Waals surface area contributed by atoms with Gasteiger partial charge in [0.15, 0.2) is 5.78 Å². The second kappa shape index (κ2) is 6.95. The highest BCUT2D eigenvalue weighted by Crippen LogP contribution is 2.25. The number of Topliss-reactive ketones (excluding diaryl/α,β-unsaturated/α-hetero) is 1. The van der Waals surface area contributed by atoms with Crippen molar-refractivity contribution in [2.24, 2.45) is 0 Å². The predicted molar refractivity (Wildman–Crippen MR) is 75.9 cm³/mol. The zero-order chi connectivity index (χ0) is 14.4. The van der Waals surface area contributed by atoms with Crippen molar-refractivity contribution in [1.82, 2.24) is 0 Å². The Kier molecular flexibility index (Phi) is 5.57. The molecule has 0 spiro atoms. The SMILES string of the molecule is C=CC(=O)OCCC(=O)c1ccc(Cl)c(N(C)C)c1. The first kappa shape index (κ1) is 15.2. The van der Waals surface area contributed by atoms with E-state index in [1.165, 1.54) is 0 Å². The minimum atomic E-state index is -0.530. The summed E-state index contributed by atoms with van der Waals surface area (Å²) in [6.07, 6.45) is 1.20. The van der Waals surface area contributed by atoms with Crippen LogP contribution in [0.15, 0.2) is 30.9 Å². The van der Waals surface area contributed by atoms with Gasteiger partial charge in [-0.2, -0.15) is 0 Å². The minimum absolute atomic E-state index is 0.0452. The van der Waals surface area contributed by atoms with Gasteiger partial charge < -0.3 is 9.64 Å². The van der Waals surface area contributed by atoms with Gasteiger partial charge in [-0.25, -0.2) is 4.79 Å². The van der Waals surface area contributed by atoms with Crippen LogP contribution in [-0.4, -0.2) is 32.5 Å². The summed E-state index contributed by atoms with van der Waals surface area (Å²) in [5.74, 6) is -0.630. The molecule has 0 heterocycles. The molecule has 102 valence electrons. The maximum atomic E-state index is 11.9. The minimum Gasteiger partial charge on any atom is -0.462 e. The van der Waals surface area contributed by atoms with E-state index in [9.17, 15) is 9.59 Å². The van der Waals surface area contributed by atoms with Crippen molar-refractivity contribution < 1.29 is 14.3 Å². The third kappa shape index (κ3) is 4.41. The summed E-state index contributed by atoms with van der Waals surface area (Å²) in [6, 6.07) is 5.06. The van der Waals surface area contributed by atoms with E-state index in [1.807, 2.05) is 19.0 Å². The third-order valence-corrected chi connectivity index (χ3v) is 2.81. The van der Waals surface area contributed by atoms with Crippen molar-refractivity contribution in [2.45, 2.75) is 6.42 Å². The number of benzene rings is 1. The average molecular weight is 282 g/mol.